The standard InChI is InChI=1S/C24H17F4N7O/c1-34-12-14(6-9-19(34)36)20-21(13-4-7-15(8-5-13)24(26,27)28)32-23(29)35-22(20)31-18(33-35)11-17-16(25)3-2-10-30-17/h2-10,12H,11H2,1H3,(H2,29,32). The van der Waals surface area contributed by atoms with E-state index < -0.39 is 17.6 Å². The lowest BCUT2D eigenvalue weighted by atomic mass is 10.00. The van der Waals surface area contributed by atoms with Crippen LogP contribution in [0.3, 0.4) is 0 Å². The number of pyridine rings is 2. The fourth-order valence-corrected chi connectivity index (χ4v) is 3.81. The van der Waals surface area contributed by atoms with E-state index in [4.69, 9.17) is 5.73 Å². The maximum atomic E-state index is 14.2. The molecule has 1 aromatic carbocycles. The monoisotopic (exact) mass is 495 g/mol. The van der Waals surface area contributed by atoms with Gasteiger partial charge in [0.1, 0.15) is 5.82 Å². The van der Waals surface area contributed by atoms with Gasteiger partial charge in [0.05, 0.1) is 28.9 Å². The number of alkyl halides is 3. The van der Waals surface area contributed by atoms with Crippen molar-refractivity contribution in [2.24, 2.45) is 7.05 Å². The molecule has 0 amide bonds. The fraction of sp³-hybridized carbons (Fsp3) is 0.125. The summed E-state index contributed by atoms with van der Waals surface area (Å²) in [4.78, 5) is 25.0. The van der Waals surface area contributed by atoms with Crippen LogP contribution in [-0.4, -0.2) is 29.1 Å². The number of benzene rings is 1. The van der Waals surface area contributed by atoms with E-state index in [0.29, 0.717) is 16.7 Å². The summed E-state index contributed by atoms with van der Waals surface area (Å²) < 4.78 is 56.1. The van der Waals surface area contributed by atoms with Gasteiger partial charge in [0.15, 0.2) is 11.5 Å². The molecule has 0 aliphatic carbocycles. The molecular formula is C24H17F4N7O. The number of rotatable bonds is 4. The van der Waals surface area contributed by atoms with Gasteiger partial charge in [-0.05, 0) is 30.3 Å². The summed E-state index contributed by atoms with van der Waals surface area (Å²) in [5.41, 5.74) is 6.94. The number of aromatic nitrogens is 6. The highest BCUT2D eigenvalue weighted by Gasteiger charge is 2.30. The number of nitrogen functional groups attached to an aromatic ring is 1. The molecule has 0 saturated carbocycles. The molecule has 5 aromatic rings. The molecule has 4 aromatic heterocycles. The molecule has 5 rings (SSSR count). The van der Waals surface area contributed by atoms with Crippen LogP contribution in [-0.2, 0) is 19.6 Å². The van der Waals surface area contributed by atoms with Gasteiger partial charge in [-0.25, -0.2) is 14.4 Å². The van der Waals surface area contributed by atoms with Crippen LogP contribution in [0.4, 0.5) is 23.5 Å². The van der Waals surface area contributed by atoms with Crippen LogP contribution in [0.1, 0.15) is 17.1 Å². The molecule has 0 unspecified atom stereocenters. The average Bonchev–Trinajstić information content (AvgIpc) is 3.26. The molecule has 0 atom stereocenters. The maximum absolute atomic E-state index is 14.2. The van der Waals surface area contributed by atoms with Crippen molar-refractivity contribution in [1.29, 1.82) is 0 Å². The summed E-state index contributed by atoms with van der Waals surface area (Å²) in [6.45, 7) is 0. The van der Waals surface area contributed by atoms with Gasteiger partial charge in [0, 0.05) is 36.6 Å². The minimum Gasteiger partial charge on any atom is -0.368 e. The van der Waals surface area contributed by atoms with Gasteiger partial charge in [-0.2, -0.15) is 17.7 Å². The highest BCUT2D eigenvalue weighted by atomic mass is 19.4. The third-order valence-corrected chi connectivity index (χ3v) is 5.58. The molecule has 8 nitrogen and oxygen atoms in total. The third-order valence-electron chi connectivity index (χ3n) is 5.58. The molecular weight excluding hydrogens is 478 g/mol. The van der Waals surface area contributed by atoms with Crippen LogP contribution in [0.2, 0.25) is 0 Å². The van der Waals surface area contributed by atoms with Gasteiger partial charge >= 0.3 is 6.18 Å². The lowest BCUT2D eigenvalue weighted by molar-refractivity contribution is -0.137. The zero-order valence-corrected chi connectivity index (χ0v) is 18.7. The number of hydrogen-bond donors (Lipinski definition) is 1. The molecule has 182 valence electrons. The Kier molecular flexibility index (Phi) is 5.50. The maximum Gasteiger partial charge on any atom is 0.416 e. The molecule has 0 spiro atoms. The van der Waals surface area contributed by atoms with E-state index in [1.165, 1.54) is 45.6 Å². The first-order valence-corrected chi connectivity index (χ1v) is 10.6. The summed E-state index contributed by atoms with van der Waals surface area (Å²) in [5.74, 6) is -0.392. The van der Waals surface area contributed by atoms with Crippen molar-refractivity contribution in [3.63, 3.8) is 0 Å². The summed E-state index contributed by atoms with van der Waals surface area (Å²) in [6.07, 6.45) is -1.53. The smallest absolute Gasteiger partial charge is 0.368 e. The van der Waals surface area contributed by atoms with E-state index in [1.807, 2.05) is 0 Å². The number of fused-ring (bicyclic) bond motifs is 1. The molecule has 0 saturated heterocycles. The summed E-state index contributed by atoms with van der Waals surface area (Å²) in [5, 5.41) is 4.35. The molecule has 0 bridgehead atoms. The summed E-state index contributed by atoms with van der Waals surface area (Å²) >= 11 is 0. The molecule has 0 radical (unpaired) electrons. The lowest BCUT2D eigenvalue weighted by Gasteiger charge is -2.13. The Labute approximate surface area is 200 Å². The van der Waals surface area contributed by atoms with Crippen LogP contribution in [0, 0.1) is 5.82 Å². The second-order valence-electron chi connectivity index (χ2n) is 8.01. The van der Waals surface area contributed by atoms with Crippen LogP contribution in [0.5, 0.6) is 0 Å². The number of hydrogen-bond acceptors (Lipinski definition) is 6. The third kappa shape index (κ3) is 4.17. The SMILES string of the molecule is Cn1cc(-c2c(-c3ccc(C(F)(F)F)cc3)nc(N)n3nc(Cc4ncccc4F)nc23)ccc1=O. The van der Waals surface area contributed by atoms with E-state index in [2.05, 4.69) is 20.1 Å². The predicted molar refractivity (Wildman–Crippen MR) is 123 cm³/mol. The molecule has 0 fully saturated rings. The van der Waals surface area contributed by atoms with Crippen LogP contribution in [0.15, 0.2) is 65.7 Å². The molecule has 4 heterocycles. The van der Waals surface area contributed by atoms with Crippen molar-refractivity contribution in [1.82, 2.24) is 29.1 Å². The van der Waals surface area contributed by atoms with E-state index in [-0.39, 0.29) is 40.8 Å². The Hall–Kier alpha value is -4.61. The van der Waals surface area contributed by atoms with Crippen molar-refractivity contribution in [2.45, 2.75) is 12.6 Å². The molecule has 2 N–H and O–H groups in total. The second-order valence-corrected chi connectivity index (χ2v) is 8.01. The van der Waals surface area contributed by atoms with Gasteiger partial charge in [-0.3, -0.25) is 9.78 Å². The Bertz CT molecular complexity index is 1660. The molecule has 0 aliphatic heterocycles. The van der Waals surface area contributed by atoms with Crippen LogP contribution < -0.4 is 11.3 Å². The molecule has 0 aliphatic rings. The fourth-order valence-electron chi connectivity index (χ4n) is 3.81. The Morgan fingerprint density at radius 1 is 1.00 bits per heavy atom. The van der Waals surface area contributed by atoms with Crippen LogP contribution in [0.25, 0.3) is 28.0 Å². The number of anilines is 1. The van der Waals surface area contributed by atoms with Gasteiger partial charge in [-0.15, -0.1) is 5.10 Å². The van der Waals surface area contributed by atoms with E-state index >= 15 is 0 Å². The Morgan fingerprint density at radius 2 is 1.72 bits per heavy atom. The Morgan fingerprint density at radius 3 is 2.39 bits per heavy atom. The van der Waals surface area contributed by atoms with Crippen molar-refractivity contribution in [3.8, 4) is 22.4 Å². The zero-order valence-electron chi connectivity index (χ0n) is 18.7. The topological polar surface area (TPSA) is 104 Å². The predicted octanol–water partition coefficient (Wildman–Crippen LogP) is 3.88. The normalized spacial score (nSPS) is 11.8. The number of halogens is 4. The summed E-state index contributed by atoms with van der Waals surface area (Å²) in [7, 11) is 1.56. The quantitative estimate of drug-likeness (QED) is 0.380. The van der Waals surface area contributed by atoms with Gasteiger partial charge in [-0.1, -0.05) is 12.1 Å². The van der Waals surface area contributed by atoms with Crippen LogP contribution >= 0.6 is 0 Å². The average molecular weight is 495 g/mol. The Balaban J connectivity index is 1.74. The number of nitrogens with zero attached hydrogens (tertiary/aromatic N) is 6. The molecule has 36 heavy (non-hydrogen) atoms. The first-order valence-electron chi connectivity index (χ1n) is 10.6. The van der Waals surface area contributed by atoms with E-state index in [9.17, 15) is 22.4 Å². The minimum atomic E-state index is -4.50. The van der Waals surface area contributed by atoms with Crippen molar-refractivity contribution < 1.29 is 17.6 Å². The van der Waals surface area contributed by atoms with Crippen molar-refractivity contribution in [2.75, 3.05) is 5.73 Å². The largest absolute Gasteiger partial charge is 0.416 e. The van der Waals surface area contributed by atoms with E-state index in [0.717, 1.165) is 12.1 Å². The lowest BCUT2D eigenvalue weighted by Crippen LogP contribution is -2.14. The minimum absolute atomic E-state index is 0.0316. The molecule has 12 heteroatoms. The first-order chi connectivity index (χ1) is 17.1. The number of nitrogens with two attached hydrogens (primary N) is 1. The first kappa shape index (κ1) is 23.1. The summed E-state index contributed by atoms with van der Waals surface area (Å²) in [6, 6.07) is 10.1. The zero-order chi connectivity index (χ0) is 25.6. The van der Waals surface area contributed by atoms with E-state index in [1.54, 1.807) is 19.3 Å². The highest BCUT2D eigenvalue weighted by molar-refractivity contribution is 5.90. The highest BCUT2D eigenvalue weighted by Crippen LogP contribution is 2.36. The van der Waals surface area contributed by atoms with Crippen molar-refractivity contribution >= 4 is 11.6 Å². The van der Waals surface area contributed by atoms with Gasteiger partial charge in [0.2, 0.25) is 11.5 Å². The second kappa shape index (κ2) is 8.56. The number of aryl methyl sites for hydroxylation is 1. The van der Waals surface area contributed by atoms with Gasteiger partial charge in [0.25, 0.3) is 0 Å². The van der Waals surface area contributed by atoms with Crippen molar-refractivity contribution in [3.05, 3.63) is 94.2 Å². The van der Waals surface area contributed by atoms with Gasteiger partial charge < -0.3 is 10.3 Å².